The molecule has 0 heterocycles. The standard InChI is InChI=1S/C16H23ClN2O/c17-13-6-4-5-12(11-13)9-10-19-16(20)14-7-2-1-3-8-15(14)18/h4-6,11,14-15H,1-3,7-10,18H2,(H,19,20). The number of halogens is 1. The summed E-state index contributed by atoms with van der Waals surface area (Å²) in [5.41, 5.74) is 7.25. The zero-order valence-electron chi connectivity index (χ0n) is 11.8. The van der Waals surface area contributed by atoms with Gasteiger partial charge in [-0.2, -0.15) is 0 Å². The maximum Gasteiger partial charge on any atom is 0.224 e. The van der Waals surface area contributed by atoms with Crippen LogP contribution in [0.2, 0.25) is 5.02 Å². The van der Waals surface area contributed by atoms with Gasteiger partial charge in [0.15, 0.2) is 0 Å². The van der Waals surface area contributed by atoms with E-state index in [-0.39, 0.29) is 17.9 Å². The number of carbonyl (C=O) groups is 1. The van der Waals surface area contributed by atoms with Crippen LogP contribution in [-0.4, -0.2) is 18.5 Å². The highest BCUT2D eigenvalue weighted by Gasteiger charge is 2.26. The van der Waals surface area contributed by atoms with Crippen LogP contribution in [0.4, 0.5) is 0 Å². The van der Waals surface area contributed by atoms with Crippen LogP contribution in [0.1, 0.15) is 37.7 Å². The van der Waals surface area contributed by atoms with E-state index in [4.69, 9.17) is 17.3 Å². The zero-order valence-corrected chi connectivity index (χ0v) is 12.5. The van der Waals surface area contributed by atoms with Crippen LogP contribution in [-0.2, 0) is 11.2 Å². The quantitative estimate of drug-likeness (QED) is 0.839. The third kappa shape index (κ3) is 4.50. The predicted octanol–water partition coefficient (Wildman–Crippen LogP) is 2.91. The van der Waals surface area contributed by atoms with E-state index in [9.17, 15) is 4.79 Å². The highest BCUT2D eigenvalue weighted by Crippen LogP contribution is 2.22. The summed E-state index contributed by atoms with van der Waals surface area (Å²) in [7, 11) is 0. The van der Waals surface area contributed by atoms with Gasteiger partial charge in [0.25, 0.3) is 0 Å². The Kier molecular flexibility index (Phi) is 5.86. The molecule has 1 aliphatic rings. The molecule has 0 bridgehead atoms. The molecule has 1 amide bonds. The Hall–Kier alpha value is -1.06. The summed E-state index contributed by atoms with van der Waals surface area (Å²) in [6.45, 7) is 0.641. The molecule has 110 valence electrons. The van der Waals surface area contributed by atoms with Crippen LogP contribution < -0.4 is 11.1 Å². The van der Waals surface area contributed by atoms with Crippen molar-refractivity contribution in [3.63, 3.8) is 0 Å². The Morgan fingerprint density at radius 3 is 2.90 bits per heavy atom. The van der Waals surface area contributed by atoms with E-state index in [1.165, 1.54) is 6.42 Å². The van der Waals surface area contributed by atoms with Gasteiger partial charge >= 0.3 is 0 Å². The minimum absolute atomic E-state index is 0.0168. The second-order valence-corrected chi connectivity index (χ2v) is 6.02. The summed E-state index contributed by atoms with van der Waals surface area (Å²) < 4.78 is 0. The van der Waals surface area contributed by atoms with Gasteiger partial charge in [-0.05, 0) is 37.0 Å². The van der Waals surface area contributed by atoms with Crippen LogP contribution in [0.3, 0.4) is 0 Å². The molecule has 0 radical (unpaired) electrons. The Morgan fingerprint density at radius 2 is 2.10 bits per heavy atom. The van der Waals surface area contributed by atoms with Crippen molar-refractivity contribution in [1.82, 2.24) is 5.32 Å². The number of hydrogen-bond acceptors (Lipinski definition) is 2. The number of nitrogens with two attached hydrogens (primary N) is 1. The molecule has 0 aliphatic heterocycles. The molecule has 0 saturated heterocycles. The lowest BCUT2D eigenvalue weighted by molar-refractivity contribution is -0.125. The summed E-state index contributed by atoms with van der Waals surface area (Å²) in [4.78, 5) is 12.2. The largest absolute Gasteiger partial charge is 0.355 e. The maximum atomic E-state index is 12.2. The van der Waals surface area contributed by atoms with Crippen LogP contribution in [0.5, 0.6) is 0 Å². The van der Waals surface area contributed by atoms with Gasteiger partial charge in [-0.3, -0.25) is 4.79 Å². The van der Waals surface area contributed by atoms with Gasteiger partial charge in [-0.25, -0.2) is 0 Å². The molecule has 0 spiro atoms. The molecule has 0 aromatic heterocycles. The fourth-order valence-corrected chi connectivity index (χ4v) is 3.03. The van der Waals surface area contributed by atoms with Gasteiger partial charge in [0.2, 0.25) is 5.91 Å². The summed E-state index contributed by atoms with van der Waals surface area (Å²) >= 11 is 5.94. The molecular weight excluding hydrogens is 272 g/mol. The number of rotatable bonds is 4. The van der Waals surface area contributed by atoms with Crippen molar-refractivity contribution in [3.05, 3.63) is 34.9 Å². The zero-order chi connectivity index (χ0) is 14.4. The molecular formula is C16H23ClN2O. The highest BCUT2D eigenvalue weighted by molar-refractivity contribution is 6.30. The van der Waals surface area contributed by atoms with Crippen molar-refractivity contribution in [2.75, 3.05) is 6.54 Å². The average Bonchev–Trinajstić information content (AvgIpc) is 2.63. The lowest BCUT2D eigenvalue weighted by Crippen LogP contribution is -2.41. The number of carbonyl (C=O) groups excluding carboxylic acids is 1. The van der Waals surface area contributed by atoms with Gasteiger partial charge in [-0.15, -0.1) is 0 Å². The normalized spacial score (nSPS) is 23.1. The first-order valence-electron chi connectivity index (χ1n) is 7.44. The fourth-order valence-electron chi connectivity index (χ4n) is 2.82. The van der Waals surface area contributed by atoms with Gasteiger partial charge < -0.3 is 11.1 Å². The van der Waals surface area contributed by atoms with Crippen LogP contribution in [0.15, 0.2) is 24.3 Å². The molecule has 2 rings (SSSR count). The third-order valence-corrected chi connectivity index (χ3v) is 4.24. The molecule has 4 heteroatoms. The van der Waals surface area contributed by atoms with Crippen molar-refractivity contribution >= 4 is 17.5 Å². The Bertz CT molecular complexity index is 450. The molecule has 1 saturated carbocycles. The van der Waals surface area contributed by atoms with Gasteiger partial charge in [0, 0.05) is 17.6 Å². The molecule has 3 N–H and O–H groups in total. The minimum atomic E-state index is -0.0168. The number of nitrogens with one attached hydrogen (secondary N) is 1. The summed E-state index contributed by atoms with van der Waals surface area (Å²) in [5, 5.41) is 3.75. The fraction of sp³-hybridized carbons (Fsp3) is 0.562. The smallest absolute Gasteiger partial charge is 0.224 e. The first-order chi connectivity index (χ1) is 9.66. The van der Waals surface area contributed by atoms with E-state index in [1.54, 1.807) is 0 Å². The summed E-state index contributed by atoms with van der Waals surface area (Å²) in [6.07, 6.45) is 6.14. The molecule has 1 aromatic carbocycles. The maximum absolute atomic E-state index is 12.2. The van der Waals surface area contributed by atoms with Crippen molar-refractivity contribution in [2.24, 2.45) is 11.7 Å². The number of hydrogen-bond donors (Lipinski definition) is 2. The Balaban J connectivity index is 1.79. The molecule has 1 aromatic rings. The van der Waals surface area contributed by atoms with E-state index in [2.05, 4.69) is 5.32 Å². The third-order valence-electron chi connectivity index (χ3n) is 4.01. The van der Waals surface area contributed by atoms with E-state index in [0.717, 1.165) is 42.7 Å². The van der Waals surface area contributed by atoms with E-state index < -0.39 is 0 Å². The first kappa shape index (κ1) is 15.3. The van der Waals surface area contributed by atoms with E-state index in [1.807, 2.05) is 24.3 Å². The number of benzene rings is 1. The predicted molar refractivity (Wildman–Crippen MR) is 82.7 cm³/mol. The summed E-state index contributed by atoms with van der Waals surface area (Å²) in [5.74, 6) is 0.0956. The van der Waals surface area contributed by atoms with Crippen molar-refractivity contribution in [3.8, 4) is 0 Å². The van der Waals surface area contributed by atoms with Crippen molar-refractivity contribution in [2.45, 2.75) is 44.6 Å². The summed E-state index contributed by atoms with van der Waals surface area (Å²) in [6, 6.07) is 7.76. The SMILES string of the molecule is NC1CCCCCC1C(=O)NCCc1cccc(Cl)c1. The molecule has 1 aliphatic carbocycles. The lowest BCUT2D eigenvalue weighted by Gasteiger charge is -2.20. The van der Waals surface area contributed by atoms with Gasteiger partial charge in [-0.1, -0.05) is 43.0 Å². The van der Waals surface area contributed by atoms with E-state index in [0.29, 0.717) is 6.54 Å². The topological polar surface area (TPSA) is 55.1 Å². The van der Waals surface area contributed by atoms with Gasteiger partial charge in [0.05, 0.1) is 5.92 Å². The second-order valence-electron chi connectivity index (χ2n) is 5.58. The monoisotopic (exact) mass is 294 g/mol. The molecule has 3 nitrogen and oxygen atoms in total. The minimum Gasteiger partial charge on any atom is -0.355 e. The lowest BCUT2D eigenvalue weighted by atomic mass is 9.94. The van der Waals surface area contributed by atoms with E-state index >= 15 is 0 Å². The Morgan fingerprint density at radius 1 is 1.30 bits per heavy atom. The van der Waals surface area contributed by atoms with Crippen LogP contribution >= 0.6 is 11.6 Å². The second kappa shape index (κ2) is 7.65. The highest BCUT2D eigenvalue weighted by atomic mass is 35.5. The Labute approximate surface area is 125 Å². The molecule has 2 atom stereocenters. The first-order valence-corrected chi connectivity index (χ1v) is 7.82. The van der Waals surface area contributed by atoms with Crippen LogP contribution in [0.25, 0.3) is 0 Å². The average molecular weight is 295 g/mol. The molecule has 2 unspecified atom stereocenters. The molecule has 1 fully saturated rings. The van der Waals surface area contributed by atoms with Gasteiger partial charge in [0.1, 0.15) is 0 Å². The molecule has 20 heavy (non-hydrogen) atoms. The van der Waals surface area contributed by atoms with Crippen LogP contribution in [0, 0.1) is 5.92 Å². The van der Waals surface area contributed by atoms with Crippen molar-refractivity contribution < 1.29 is 4.79 Å². The number of amides is 1. The van der Waals surface area contributed by atoms with Crippen molar-refractivity contribution in [1.29, 1.82) is 0 Å².